The minimum atomic E-state index is 0.736. The smallest absolute Gasteiger partial charge is 0.0738 e. The van der Waals surface area contributed by atoms with E-state index in [4.69, 9.17) is 16.6 Å². The molecule has 0 aliphatic carbocycles. The van der Waals surface area contributed by atoms with Gasteiger partial charge < -0.3 is 4.98 Å². The number of aromatic amines is 1. The molecule has 3 heteroatoms. The van der Waals surface area contributed by atoms with Crippen LogP contribution in [0.1, 0.15) is 5.56 Å². The van der Waals surface area contributed by atoms with Crippen LogP contribution in [0.3, 0.4) is 0 Å². The Morgan fingerprint density at radius 2 is 1.95 bits per heavy atom. The standard InChI is InChI=1S/C18H13ClN2/c1-11-3-2-4-12-5-7-17(21-18(11)12)15-10-20-16-8-6-13(19)9-14(15)16/h2-10,20H,1H3. The lowest BCUT2D eigenvalue weighted by molar-refractivity contribution is 1.36. The summed E-state index contributed by atoms with van der Waals surface area (Å²) >= 11 is 6.12. The molecule has 0 aliphatic heterocycles. The van der Waals surface area contributed by atoms with Gasteiger partial charge in [0, 0.05) is 33.1 Å². The van der Waals surface area contributed by atoms with Crippen molar-refractivity contribution in [2.24, 2.45) is 0 Å². The number of hydrogen-bond donors (Lipinski definition) is 1. The van der Waals surface area contributed by atoms with Crippen molar-refractivity contribution in [2.45, 2.75) is 6.92 Å². The maximum absolute atomic E-state index is 6.12. The van der Waals surface area contributed by atoms with Crippen LogP contribution in [-0.4, -0.2) is 9.97 Å². The summed E-state index contributed by atoms with van der Waals surface area (Å²) in [6, 6.07) is 16.3. The third kappa shape index (κ3) is 1.99. The maximum Gasteiger partial charge on any atom is 0.0738 e. The summed E-state index contributed by atoms with van der Waals surface area (Å²) in [6.45, 7) is 2.09. The highest BCUT2D eigenvalue weighted by atomic mass is 35.5. The van der Waals surface area contributed by atoms with E-state index in [0.717, 1.165) is 38.1 Å². The first kappa shape index (κ1) is 12.4. The van der Waals surface area contributed by atoms with Gasteiger partial charge >= 0.3 is 0 Å². The summed E-state index contributed by atoms with van der Waals surface area (Å²) in [7, 11) is 0. The van der Waals surface area contributed by atoms with Crippen LogP contribution in [0, 0.1) is 6.92 Å². The minimum Gasteiger partial charge on any atom is -0.360 e. The lowest BCUT2D eigenvalue weighted by Gasteiger charge is -2.04. The van der Waals surface area contributed by atoms with E-state index in [-0.39, 0.29) is 0 Å². The average Bonchev–Trinajstić information content (AvgIpc) is 2.90. The van der Waals surface area contributed by atoms with Gasteiger partial charge in [-0.1, -0.05) is 35.9 Å². The Morgan fingerprint density at radius 3 is 2.86 bits per heavy atom. The molecule has 4 aromatic rings. The van der Waals surface area contributed by atoms with Gasteiger partial charge in [-0.2, -0.15) is 0 Å². The van der Waals surface area contributed by atoms with Gasteiger partial charge in [0.25, 0.3) is 0 Å². The van der Waals surface area contributed by atoms with Crippen LogP contribution >= 0.6 is 11.6 Å². The van der Waals surface area contributed by atoms with Gasteiger partial charge in [0.15, 0.2) is 0 Å². The molecule has 0 amide bonds. The van der Waals surface area contributed by atoms with E-state index in [0.29, 0.717) is 0 Å². The molecule has 21 heavy (non-hydrogen) atoms. The van der Waals surface area contributed by atoms with E-state index >= 15 is 0 Å². The third-order valence-corrected chi connectivity index (χ3v) is 4.08. The number of hydrogen-bond acceptors (Lipinski definition) is 1. The number of nitrogens with one attached hydrogen (secondary N) is 1. The Hall–Kier alpha value is -2.32. The van der Waals surface area contributed by atoms with Gasteiger partial charge in [0.1, 0.15) is 0 Å². The number of aryl methyl sites for hydroxylation is 1. The number of H-pyrrole nitrogens is 1. The number of halogens is 1. The highest BCUT2D eigenvalue weighted by Gasteiger charge is 2.09. The lowest BCUT2D eigenvalue weighted by Crippen LogP contribution is -1.87. The van der Waals surface area contributed by atoms with E-state index < -0.39 is 0 Å². The molecule has 0 radical (unpaired) electrons. The van der Waals surface area contributed by atoms with E-state index in [9.17, 15) is 0 Å². The fraction of sp³-hybridized carbons (Fsp3) is 0.0556. The number of nitrogens with zero attached hydrogens (tertiary/aromatic N) is 1. The average molecular weight is 293 g/mol. The summed E-state index contributed by atoms with van der Waals surface area (Å²) in [5, 5.41) is 3.00. The number of para-hydroxylation sites is 1. The molecule has 0 spiro atoms. The normalized spacial score (nSPS) is 11.3. The van der Waals surface area contributed by atoms with Crippen LogP contribution in [0.15, 0.2) is 54.7 Å². The molecule has 4 rings (SSSR count). The third-order valence-electron chi connectivity index (χ3n) is 3.84. The Morgan fingerprint density at radius 1 is 1.05 bits per heavy atom. The molecule has 0 fully saturated rings. The number of benzene rings is 2. The van der Waals surface area contributed by atoms with Crippen molar-refractivity contribution in [1.82, 2.24) is 9.97 Å². The van der Waals surface area contributed by atoms with Gasteiger partial charge in [-0.3, -0.25) is 0 Å². The fourth-order valence-corrected chi connectivity index (χ4v) is 2.92. The zero-order chi connectivity index (χ0) is 14.4. The van der Waals surface area contributed by atoms with Crippen molar-refractivity contribution in [3.8, 4) is 11.3 Å². The van der Waals surface area contributed by atoms with Crippen LogP contribution in [0.25, 0.3) is 33.1 Å². The first-order valence-electron chi connectivity index (χ1n) is 6.86. The number of aromatic nitrogens is 2. The fourth-order valence-electron chi connectivity index (χ4n) is 2.75. The molecule has 1 N–H and O–H groups in total. The van der Waals surface area contributed by atoms with E-state index in [2.05, 4.69) is 42.2 Å². The molecule has 0 unspecified atom stereocenters. The highest BCUT2D eigenvalue weighted by Crippen LogP contribution is 2.30. The Balaban J connectivity index is 2.00. The number of pyridine rings is 1. The maximum atomic E-state index is 6.12. The summed E-state index contributed by atoms with van der Waals surface area (Å²) in [5.41, 5.74) is 5.35. The quantitative estimate of drug-likeness (QED) is 0.503. The summed E-state index contributed by atoms with van der Waals surface area (Å²) in [6.07, 6.45) is 1.99. The monoisotopic (exact) mass is 292 g/mol. The summed E-state index contributed by atoms with van der Waals surface area (Å²) in [4.78, 5) is 8.11. The number of rotatable bonds is 1. The highest BCUT2D eigenvalue weighted by molar-refractivity contribution is 6.31. The van der Waals surface area contributed by atoms with Crippen LogP contribution in [0.2, 0.25) is 5.02 Å². The van der Waals surface area contributed by atoms with Gasteiger partial charge in [0.05, 0.1) is 11.2 Å². The van der Waals surface area contributed by atoms with Crippen molar-refractivity contribution in [3.63, 3.8) is 0 Å². The molecular formula is C18H13ClN2. The Labute approximate surface area is 127 Å². The van der Waals surface area contributed by atoms with Gasteiger partial charge in [0.2, 0.25) is 0 Å². The van der Waals surface area contributed by atoms with Crippen LogP contribution in [0.4, 0.5) is 0 Å². The second-order valence-electron chi connectivity index (χ2n) is 5.24. The summed E-state index contributed by atoms with van der Waals surface area (Å²) < 4.78 is 0. The first-order chi connectivity index (χ1) is 10.2. The van der Waals surface area contributed by atoms with Crippen LogP contribution in [0.5, 0.6) is 0 Å². The van der Waals surface area contributed by atoms with Crippen molar-refractivity contribution in [2.75, 3.05) is 0 Å². The topological polar surface area (TPSA) is 28.7 Å². The molecule has 0 saturated heterocycles. The number of fused-ring (bicyclic) bond motifs is 2. The second-order valence-corrected chi connectivity index (χ2v) is 5.67. The van der Waals surface area contributed by atoms with Crippen LogP contribution < -0.4 is 0 Å². The van der Waals surface area contributed by atoms with E-state index in [1.165, 1.54) is 5.56 Å². The van der Waals surface area contributed by atoms with Gasteiger partial charge in [-0.05, 0) is 36.8 Å². The molecular weight excluding hydrogens is 280 g/mol. The molecule has 2 aromatic heterocycles. The molecule has 2 nitrogen and oxygen atoms in total. The predicted molar refractivity (Wildman–Crippen MR) is 88.8 cm³/mol. The molecule has 0 saturated carbocycles. The van der Waals surface area contributed by atoms with E-state index in [1.54, 1.807) is 0 Å². The molecule has 2 aromatic carbocycles. The summed E-state index contributed by atoms with van der Waals surface area (Å²) in [5.74, 6) is 0. The van der Waals surface area contributed by atoms with Gasteiger partial charge in [-0.15, -0.1) is 0 Å². The molecule has 102 valence electrons. The van der Waals surface area contributed by atoms with Crippen LogP contribution in [-0.2, 0) is 0 Å². The molecule has 0 bridgehead atoms. The van der Waals surface area contributed by atoms with E-state index in [1.807, 2.05) is 24.4 Å². The van der Waals surface area contributed by atoms with Crippen molar-refractivity contribution < 1.29 is 0 Å². The van der Waals surface area contributed by atoms with Crippen molar-refractivity contribution in [3.05, 3.63) is 65.3 Å². The van der Waals surface area contributed by atoms with Crippen molar-refractivity contribution >= 4 is 33.4 Å². The second kappa shape index (κ2) is 4.61. The van der Waals surface area contributed by atoms with Crippen molar-refractivity contribution in [1.29, 1.82) is 0 Å². The largest absolute Gasteiger partial charge is 0.360 e. The lowest BCUT2D eigenvalue weighted by atomic mass is 10.1. The zero-order valence-corrected chi connectivity index (χ0v) is 12.3. The van der Waals surface area contributed by atoms with Gasteiger partial charge in [-0.25, -0.2) is 4.98 Å². The Kier molecular flexibility index (Phi) is 2.72. The molecule has 0 atom stereocenters. The molecule has 2 heterocycles. The SMILES string of the molecule is Cc1cccc2ccc(-c3c[nH]c4ccc(Cl)cc34)nc12. The Bertz CT molecular complexity index is 969. The predicted octanol–water partition coefficient (Wildman–Crippen LogP) is 5.34. The first-order valence-corrected chi connectivity index (χ1v) is 7.23. The minimum absolute atomic E-state index is 0.736. The zero-order valence-electron chi connectivity index (χ0n) is 11.5. The molecule has 0 aliphatic rings.